The van der Waals surface area contributed by atoms with E-state index in [0.717, 1.165) is 0 Å². The highest BCUT2D eigenvalue weighted by molar-refractivity contribution is 6.04. The number of benzene rings is 2. The lowest BCUT2D eigenvalue weighted by molar-refractivity contribution is -0.130. The molecule has 0 radical (unpaired) electrons. The second kappa shape index (κ2) is 8.81. The van der Waals surface area contributed by atoms with E-state index in [9.17, 15) is 18.8 Å². The summed E-state index contributed by atoms with van der Waals surface area (Å²) < 4.78 is 24.0. The Morgan fingerprint density at radius 1 is 1.15 bits per heavy atom. The van der Waals surface area contributed by atoms with Gasteiger partial charge < -0.3 is 25.0 Å². The zero-order valence-electron chi connectivity index (χ0n) is 18.3. The van der Waals surface area contributed by atoms with E-state index in [1.807, 2.05) is 0 Å². The van der Waals surface area contributed by atoms with E-state index >= 15 is 0 Å². The molecular weight excluding hydrogens is 431 g/mol. The highest BCUT2D eigenvalue weighted by atomic mass is 19.1. The summed E-state index contributed by atoms with van der Waals surface area (Å²) in [7, 11) is 4.55. The Hall–Kier alpha value is -4.08. The Bertz CT molecular complexity index is 1150. The maximum Gasteiger partial charge on any atom is 0.322 e. The lowest BCUT2D eigenvalue weighted by atomic mass is 9.94. The fourth-order valence-electron chi connectivity index (χ4n) is 4.03. The molecule has 2 aromatic carbocycles. The average molecular weight is 454 g/mol. The minimum Gasteiger partial charge on any atom is -0.493 e. The Morgan fingerprint density at radius 3 is 2.55 bits per heavy atom. The van der Waals surface area contributed by atoms with Gasteiger partial charge in [-0.15, -0.1) is 0 Å². The van der Waals surface area contributed by atoms with Gasteiger partial charge in [0.15, 0.2) is 11.5 Å². The smallest absolute Gasteiger partial charge is 0.322 e. The predicted molar refractivity (Wildman–Crippen MR) is 117 cm³/mol. The monoisotopic (exact) mass is 454 g/mol. The van der Waals surface area contributed by atoms with Crippen LogP contribution >= 0.6 is 0 Å². The lowest BCUT2D eigenvalue weighted by Gasteiger charge is -2.31. The molecule has 2 aromatic rings. The number of rotatable bonds is 6. The second-order valence-electron chi connectivity index (χ2n) is 7.60. The van der Waals surface area contributed by atoms with E-state index in [1.54, 1.807) is 25.2 Å². The van der Waals surface area contributed by atoms with Gasteiger partial charge in [-0.05, 0) is 30.3 Å². The van der Waals surface area contributed by atoms with Crippen molar-refractivity contribution in [3.63, 3.8) is 0 Å². The molecule has 0 aliphatic carbocycles. The van der Waals surface area contributed by atoms with Crippen LogP contribution in [0.1, 0.15) is 11.6 Å². The summed E-state index contributed by atoms with van der Waals surface area (Å²) in [6.07, 6.45) is 0. The van der Waals surface area contributed by atoms with Crippen molar-refractivity contribution in [3.8, 4) is 11.5 Å². The van der Waals surface area contributed by atoms with E-state index in [2.05, 4.69) is 10.6 Å². The van der Waals surface area contributed by atoms with Crippen LogP contribution in [-0.2, 0) is 9.59 Å². The maximum atomic E-state index is 13.4. The van der Waals surface area contributed by atoms with Gasteiger partial charge in [-0.3, -0.25) is 14.5 Å². The molecule has 4 amide bonds. The molecule has 0 spiro atoms. The van der Waals surface area contributed by atoms with Crippen LogP contribution in [0.3, 0.4) is 0 Å². The zero-order valence-corrected chi connectivity index (χ0v) is 18.3. The van der Waals surface area contributed by atoms with E-state index in [0.29, 0.717) is 34.0 Å². The topological polar surface area (TPSA) is 100 Å². The number of amides is 4. The van der Waals surface area contributed by atoms with Gasteiger partial charge in [-0.1, -0.05) is 12.1 Å². The first-order valence-electron chi connectivity index (χ1n) is 10.2. The third kappa shape index (κ3) is 4.07. The molecule has 0 aromatic heterocycles. The molecule has 172 valence electrons. The number of para-hydroxylation sites is 1. The first-order valence-corrected chi connectivity index (χ1v) is 10.2. The second-order valence-corrected chi connectivity index (χ2v) is 7.60. The molecule has 9 nitrogen and oxygen atoms in total. The number of ether oxygens (including phenoxy) is 2. The van der Waals surface area contributed by atoms with E-state index in [4.69, 9.17) is 9.47 Å². The van der Waals surface area contributed by atoms with Crippen LogP contribution in [0.15, 0.2) is 53.7 Å². The normalized spacial score (nSPS) is 17.6. The predicted octanol–water partition coefficient (Wildman–Crippen LogP) is 2.27. The molecule has 2 N–H and O–H groups in total. The first kappa shape index (κ1) is 22.1. The number of carbonyl (C=O) groups excluding carboxylic acids is 3. The number of methoxy groups -OCH3 is 2. The molecule has 0 fully saturated rings. The Kier molecular flexibility index (Phi) is 5.91. The molecule has 10 heteroatoms. The van der Waals surface area contributed by atoms with Crippen LogP contribution in [0, 0.1) is 5.82 Å². The number of nitrogens with one attached hydrogen (secondary N) is 2. The molecule has 0 unspecified atom stereocenters. The summed E-state index contributed by atoms with van der Waals surface area (Å²) in [6.45, 7) is -0.134. The van der Waals surface area contributed by atoms with Crippen LogP contribution in [0.5, 0.6) is 11.5 Å². The minimum absolute atomic E-state index is 0.0949. The van der Waals surface area contributed by atoms with Gasteiger partial charge in [-0.25, -0.2) is 9.18 Å². The Morgan fingerprint density at radius 2 is 1.88 bits per heavy atom. The minimum atomic E-state index is -0.772. The Balaban J connectivity index is 1.60. The summed E-state index contributed by atoms with van der Waals surface area (Å²) >= 11 is 0. The summed E-state index contributed by atoms with van der Waals surface area (Å²) in [6, 6.07) is 9.39. The fourth-order valence-corrected chi connectivity index (χ4v) is 4.03. The molecular formula is C23H23FN4O5. The van der Waals surface area contributed by atoms with Crippen molar-refractivity contribution in [2.24, 2.45) is 0 Å². The summed E-state index contributed by atoms with van der Waals surface area (Å²) in [5.41, 5.74) is 1.85. The Labute approximate surface area is 189 Å². The third-order valence-corrected chi connectivity index (χ3v) is 5.64. The molecule has 2 heterocycles. The molecule has 1 atom stereocenters. The van der Waals surface area contributed by atoms with E-state index in [1.165, 1.54) is 48.3 Å². The number of halogens is 1. The van der Waals surface area contributed by atoms with Crippen molar-refractivity contribution in [3.05, 3.63) is 65.1 Å². The first-order chi connectivity index (χ1) is 15.8. The van der Waals surface area contributed by atoms with Gasteiger partial charge in [0.2, 0.25) is 5.91 Å². The van der Waals surface area contributed by atoms with Gasteiger partial charge in [-0.2, -0.15) is 0 Å². The van der Waals surface area contributed by atoms with Crippen LogP contribution < -0.4 is 20.1 Å². The summed E-state index contributed by atoms with van der Waals surface area (Å²) in [4.78, 5) is 41.3. The molecule has 4 rings (SSSR count). The molecule has 33 heavy (non-hydrogen) atoms. The summed E-state index contributed by atoms with van der Waals surface area (Å²) in [5, 5.41) is 5.48. The molecule has 2 aliphatic heterocycles. The van der Waals surface area contributed by atoms with Gasteiger partial charge >= 0.3 is 6.03 Å². The van der Waals surface area contributed by atoms with Crippen molar-refractivity contribution in [2.75, 3.05) is 39.7 Å². The fraction of sp³-hybridized carbons (Fsp3) is 0.261. The molecule has 0 saturated carbocycles. The maximum absolute atomic E-state index is 13.4. The standard InChI is InChI=1S/C23H23FN4O5/c1-27-16-11-28(12-18(29)25-14-9-7-13(24)8-10-14)22(30)19(16)20(26-23(27)31)15-5-4-6-17(32-2)21(15)33-3/h4-10,20H,11-12H2,1-3H3,(H,25,29)(H,26,31)/t20-/m0/s1. The number of likely N-dealkylation sites (N-methyl/N-ethyl adjacent to an activating group) is 1. The molecule has 0 bridgehead atoms. The lowest BCUT2D eigenvalue weighted by Crippen LogP contribution is -2.45. The highest BCUT2D eigenvalue weighted by Crippen LogP contribution is 2.42. The molecule has 0 saturated heterocycles. The molecule has 2 aliphatic rings. The van der Waals surface area contributed by atoms with Crippen molar-refractivity contribution < 1.29 is 28.2 Å². The highest BCUT2D eigenvalue weighted by Gasteiger charge is 2.44. The quantitative estimate of drug-likeness (QED) is 0.698. The van der Waals surface area contributed by atoms with Crippen LogP contribution in [0.2, 0.25) is 0 Å². The van der Waals surface area contributed by atoms with Crippen LogP contribution in [-0.4, -0.2) is 62.0 Å². The van der Waals surface area contributed by atoms with Crippen molar-refractivity contribution >= 4 is 23.5 Å². The number of urea groups is 1. The largest absolute Gasteiger partial charge is 0.493 e. The van der Waals surface area contributed by atoms with Gasteiger partial charge in [0.1, 0.15) is 12.4 Å². The van der Waals surface area contributed by atoms with Gasteiger partial charge in [0, 0.05) is 18.3 Å². The number of hydrogen-bond acceptors (Lipinski definition) is 5. The van der Waals surface area contributed by atoms with E-state index in [-0.39, 0.29) is 25.0 Å². The number of nitrogens with zero attached hydrogens (tertiary/aromatic N) is 2. The van der Waals surface area contributed by atoms with Crippen LogP contribution in [0.4, 0.5) is 14.9 Å². The van der Waals surface area contributed by atoms with Gasteiger partial charge in [0.25, 0.3) is 5.91 Å². The van der Waals surface area contributed by atoms with Crippen molar-refractivity contribution in [2.45, 2.75) is 6.04 Å². The van der Waals surface area contributed by atoms with E-state index < -0.39 is 17.8 Å². The average Bonchev–Trinajstić information content (AvgIpc) is 3.13. The van der Waals surface area contributed by atoms with Crippen LogP contribution in [0.25, 0.3) is 0 Å². The zero-order chi connectivity index (χ0) is 23.7. The van der Waals surface area contributed by atoms with Crippen molar-refractivity contribution in [1.29, 1.82) is 0 Å². The number of hydrogen-bond donors (Lipinski definition) is 2. The number of carbonyl (C=O) groups is 3. The van der Waals surface area contributed by atoms with Gasteiger partial charge in [0.05, 0.1) is 38.1 Å². The number of anilines is 1. The van der Waals surface area contributed by atoms with Crippen molar-refractivity contribution in [1.82, 2.24) is 15.1 Å². The third-order valence-electron chi connectivity index (χ3n) is 5.64. The SMILES string of the molecule is COc1cccc([C@@H]2NC(=O)N(C)C3=C2C(=O)N(CC(=O)Nc2ccc(F)cc2)C3)c1OC. The summed E-state index contributed by atoms with van der Waals surface area (Å²) in [5.74, 6) is -0.361.